The normalized spacial score (nSPS) is 6.60. The molecule has 0 rings (SSSR count). The molecule has 0 saturated carbocycles. The summed E-state index contributed by atoms with van der Waals surface area (Å²) in [7, 11) is 0. The highest BCUT2D eigenvalue weighted by Crippen LogP contribution is 1.17. The van der Waals surface area contributed by atoms with Gasteiger partial charge in [0.15, 0.2) is 0 Å². The topological polar surface area (TPSA) is 23.9 Å². The van der Waals surface area contributed by atoms with Crippen LogP contribution < -0.4 is 0 Å². The predicted octanol–water partition coefficient (Wildman–Crippen LogP) is 1.68. The van der Waals surface area contributed by atoms with E-state index in [1.165, 1.54) is 6.92 Å². The van der Waals surface area contributed by atoms with Crippen molar-refractivity contribution in [3.63, 3.8) is 0 Å². The molecule has 0 aliphatic carbocycles. The third kappa shape index (κ3) is 94.0. The molecule has 1 heteroatoms. The van der Waals surface area contributed by atoms with Crippen molar-refractivity contribution in [2.24, 2.45) is 0 Å². The van der Waals surface area contributed by atoms with Gasteiger partial charge in [0.25, 0.3) is 0 Å². The second kappa shape index (κ2) is 58.3. The lowest BCUT2D eigenvalue weighted by Crippen LogP contribution is -1.32. The van der Waals surface area contributed by atoms with Gasteiger partial charge in [-0.15, -0.1) is 0 Å². The zero-order valence-corrected chi connectivity index (χ0v) is 4.00. The third-order valence-corrected chi connectivity index (χ3v) is 0. The third-order valence-electron chi connectivity index (χ3n) is 0. The first kappa shape index (κ1) is 4.67. The Morgan fingerprint density at radius 1 is 1.80 bits per heavy atom. The maximum atomic E-state index is 6.17. The molecule has 0 aromatic heterocycles. The van der Waals surface area contributed by atoms with Crippen molar-refractivity contribution in [2.45, 2.75) is 20.8 Å². The summed E-state index contributed by atoms with van der Waals surface area (Å²) < 4.78 is 6.17. The molecular weight excluding hydrogens is 62.1 g/mol. The molecule has 0 atom stereocenters. The summed E-state index contributed by atoms with van der Waals surface area (Å²) in [4.78, 5) is 0. The Balaban J connectivity index is 0. The van der Waals surface area contributed by atoms with E-state index in [9.17, 15) is 0 Å². The predicted molar refractivity (Wildman–Crippen MR) is 25.8 cm³/mol. The largest absolute Gasteiger partial charge is 0.313 e. The zero-order valence-electron chi connectivity index (χ0n) is 5.00. The van der Waals surface area contributed by atoms with Gasteiger partial charge in [0.1, 0.15) is 0 Å². The van der Waals surface area contributed by atoms with Crippen molar-refractivity contribution >= 4 is 6.19 Å². The van der Waals surface area contributed by atoms with Gasteiger partial charge in [-0.1, -0.05) is 13.8 Å². The van der Waals surface area contributed by atoms with Crippen LogP contribution in [0, 0.1) is 5.41 Å². The van der Waals surface area contributed by atoms with Gasteiger partial charge >= 0.3 is 0 Å². The highest BCUT2D eigenvalue weighted by Gasteiger charge is 1.17. The van der Waals surface area contributed by atoms with E-state index in [1.807, 2.05) is 13.8 Å². The van der Waals surface area contributed by atoms with Gasteiger partial charge < -0.3 is 5.41 Å². The summed E-state index contributed by atoms with van der Waals surface area (Å²) in [6.07, 6.45) is -0.0833. The van der Waals surface area contributed by atoms with Crippen molar-refractivity contribution in [3.8, 4) is 0 Å². The van der Waals surface area contributed by atoms with E-state index < -0.39 is 0 Å². The van der Waals surface area contributed by atoms with Crippen molar-refractivity contribution in [1.82, 2.24) is 0 Å². The molecule has 0 amide bonds. The minimum Gasteiger partial charge on any atom is -0.313 e. The van der Waals surface area contributed by atoms with Crippen LogP contribution in [-0.4, -0.2) is 6.19 Å². The SMILES string of the molecule is CC.[2H]C(C)=N. The van der Waals surface area contributed by atoms with Crippen molar-refractivity contribution in [2.75, 3.05) is 0 Å². The van der Waals surface area contributed by atoms with E-state index in [0.29, 0.717) is 0 Å². The van der Waals surface area contributed by atoms with E-state index >= 15 is 0 Å². The first-order chi connectivity index (χ1) is 2.73. The highest BCUT2D eigenvalue weighted by molar-refractivity contribution is 5.48. The molecule has 1 nitrogen and oxygen atoms in total. The summed E-state index contributed by atoms with van der Waals surface area (Å²) in [6.45, 7) is 5.42. The minimum atomic E-state index is -0.0833. The van der Waals surface area contributed by atoms with E-state index in [-0.39, 0.29) is 6.19 Å². The van der Waals surface area contributed by atoms with Crippen molar-refractivity contribution < 1.29 is 1.37 Å². The Labute approximate surface area is 34.9 Å². The molecule has 0 heterocycles. The maximum absolute atomic E-state index is 6.17. The molecule has 0 aliphatic heterocycles. The maximum Gasteiger partial charge on any atom is 0.0781 e. The Bertz CT molecular complexity index is 30.5. The van der Waals surface area contributed by atoms with Crippen LogP contribution in [-0.2, 0) is 0 Å². The number of nitrogens with one attached hydrogen (secondary N) is 1. The molecular formula is C4H11N. The minimum absolute atomic E-state index is 0.0833. The summed E-state index contributed by atoms with van der Waals surface area (Å²) in [5, 5.41) is 6.17. The monoisotopic (exact) mass is 74.1 g/mol. The van der Waals surface area contributed by atoms with E-state index in [2.05, 4.69) is 0 Å². The Kier molecular flexibility index (Phi) is 54.4. The van der Waals surface area contributed by atoms with Crippen LogP contribution in [0.2, 0.25) is 0 Å². The molecule has 0 bridgehead atoms. The fourth-order valence-electron chi connectivity index (χ4n) is 0. The number of hydrogen-bond acceptors (Lipinski definition) is 1. The van der Waals surface area contributed by atoms with Gasteiger partial charge in [-0.2, -0.15) is 0 Å². The smallest absolute Gasteiger partial charge is 0.0781 e. The standard InChI is InChI=1S/C2H5N.C2H6/c1-2-3;1-2/h2-3H,1H3;1-2H3/i2D;. The average molecular weight is 74.1 g/mol. The van der Waals surface area contributed by atoms with Gasteiger partial charge in [-0.05, 0) is 13.1 Å². The Morgan fingerprint density at radius 2 is 1.80 bits per heavy atom. The number of hydrogen-bond donors (Lipinski definition) is 1. The van der Waals surface area contributed by atoms with E-state index in [0.717, 1.165) is 0 Å². The van der Waals surface area contributed by atoms with Gasteiger partial charge in [0.05, 0.1) is 1.37 Å². The Morgan fingerprint density at radius 3 is 1.80 bits per heavy atom. The van der Waals surface area contributed by atoms with Crippen molar-refractivity contribution in [3.05, 3.63) is 0 Å². The number of rotatable bonds is 0. The first-order valence-electron chi connectivity index (χ1n) is 2.25. The molecule has 0 unspecified atom stereocenters. The molecule has 0 aliphatic rings. The van der Waals surface area contributed by atoms with Crippen LogP contribution in [0.3, 0.4) is 0 Å². The van der Waals surface area contributed by atoms with Crippen LogP contribution >= 0.6 is 0 Å². The lowest BCUT2D eigenvalue weighted by atomic mass is 10.9. The summed E-state index contributed by atoms with van der Waals surface area (Å²) >= 11 is 0. The zero-order chi connectivity index (χ0) is 5.58. The first-order valence-corrected chi connectivity index (χ1v) is 1.75. The summed E-state index contributed by atoms with van der Waals surface area (Å²) in [6, 6.07) is 0. The fourth-order valence-corrected chi connectivity index (χ4v) is 0. The van der Waals surface area contributed by atoms with Crippen LogP contribution in [0.1, 0.15) is 22.1 Å². The van der Waals surface area contributed by atoms with Crippen LogP contribution in [0.25, 0.3) is 0 Å². The lowest BCUT2D eigenvalue weighted by molar-refractivity contribution is 1.50. The molecule has 0 fully saturated rings. The summed E-state index contributed by atoms with van der Waals surface area (Å²) in [5.41, 5.74) is 0. The summed E-state index contributed by atoms with van der Waals surface area (Å²) in [5.74, 6) is 0. The van der Waals surface area contributed by atoms with Crippen LogP contribution in [0.15, 0.2) is 0 Å². The van der Waals surface area contributed by atoms with E-state index in [4.69, 9.17) is 6.78 Å². The Hall–Kier alpha value is -0.330. The lowest BCUT2D eigenvalue weighted by Gasteiger charge is -1.30. The average Bonchev–Trinajstić information content (AvgIpc) is 1.41. The second-order valence-electron chi connectivity index (χ2n) is 0.250. The van der Waals surface area contributed by atoms with Gasteiger partial charge in [-0.25, -0.2) is 0 Å². The second-order valence-corrected chi connectivity index (χ2v) is 0.250. The molecule has 5 heavy (non-hydrogen) atoms. The van der Waals surface area contributed by atoms with Crippen LogP contribution in [0.5, 0.6) is 0 Å². The molecule has 32 valence electrons. The van der Waals surface area contributed by atoms with Gasteiger partial charge in [0.2, 0.25) is 0 Å². The fraction of sp³-hybridized carbons (Fsp3) is 0.750. The molecule has 0 radical (unpaired) electrons. The molecule has 0 saturated heterocycles. The highest BCUT2D eigenvalue weighted by atomic mass is 14.3. The molecule has 1 N–H and O–H groups in total. The van der Waals surface area contributed by atoms with Gasteiger partial charge in [0, 0.05) is 0 Å². The van der Waals surface area contributed by atoms with Gasteiger partial charge in [-0.3, -0.25) is 0 Å². The molecule has 0 spiro atoms. The van der Waals surface area contributed by atoms with Crippen molar-refractivity contribution in [1.29, 1.82) is 5.41 Å². The van der Waals surface area contributed by atoms with Crippen LogP contribution in [0.4, 0.5) is 0 Å². The molecule has 0 aromatic rings. The quantitative estimate of drug-likeness (QED) is 0.423. The van der Waals surface area contributed by atoms with E-state index in [1.54, 1.807) is 0 Å². The molecule has 0 aromatic carbocycles.